The Morgan fingerprint density at radius 2 is 1.81 bits per heavy atom. The van der Waals surface area contributed by atoms with Crippen molar-refractivity contribution in [3.8, 4) is 0 Å². The van der Waals surface area contributed by atoms with Crippen LogP contribution in [0.1, 0.15) is 25.5 Å². The number of nitrogens with one attached hydrogen (secondary N) is 1. The second-order valence-corrected chi connectivity index (χ2v) is 4.15. The van der Waals surface area contributed by atoms with Crippen molar-refractivity contribution in [2.75, 3.05) is 7.05 Å². The number of nitrogens with zero attached hydrogens (tertiary/aromatic N) is 2. The minimum absolute atomic E-state index is 0.363. The molecule has 1 aromatic heterocycles. The Morgan fingerprint density at radius 1 is 1.12 bits per heavy atom. The molecule has 3 nitrogen and oxygen atoms in total. The highest BCUT2D eigenvalue weighted by molar-refractivity contribution is 5.73. The van der Waals surface area contributed by atoms with Crippen molar-refractivity contribution in [2.45, 2.75) is 25.8 Å². The Hall–Kier alpha value is -1.48. The lowest BCUT2D eigenvalue weighted by Crippen LogP contribution is -2.27. The molecular formula is C13H17N3. The van der Waals surface area contributed by atoms with Gasteiger partial charge in [0.15, 0.2) is 0 Å². The molecule has 0 saturated carbocycles. The SMILES string of the molecule is CNC(C)C(C)c1cnc2ccccc2n1. The van der Waals surface area contributed by atoms with Gasteiger partial charge >= 0.3 is 0 Å². The normalized spacial score (nSPS) is 14.9. The Balaban J connectivity index is 2.39. The maximum absolute atomic E-state index is 4.64. The van der Waals surface area contributed by atoms with Crippen molar-refractivity contribution in [1.29, 1.82) is 0 Å². The number of likely N-dealkylation sites (N-methyl/N-ethyl adjacent to an activating group) is 1. The largest absolute Gasteiger partial charge is 0.317 e. The third kappa shape index (κ3) is 2.04. The summed E-state index contributed by atoms with van der Waals surface area (Å²) in [4.78, 5) is 9.07. The molecule has 1 N–H and O–H groups in total. The van der Waals surface area contributed by atoms with Gasteiger partial charge in [-0.3, -0.25) is 4.98 Å². The second-order valence-electron chi connectivity index (χ2n) is 4.15. The van der Waals surface area contributed by atoms with Crippen LogP contribution in [0.25, 0.3) is 11.0 Å². The van der Waals surface area contributed by atoms with Crippen LogP contribution in [0.2, 0.25) is 0 Å². The summed E-state index contributed by atoms with van der Waals surface area (Å²) in [5, 5.41) is 3.24. The molecule has 0 aliphatic carbocycles. The van der Waals surface area contributed by atoms with Gasteiger partial charge in [-0.25, -0.2) is 4.98 Å². The number of hydrogen-bond donors (Lipinski definition) is 1. The van der Waals surface area contributed by atoms with Gasteiger partial charge in [0.1, 0.15) is 0 Å². The number of fused-ring (bicyclic) bond motifs is 1. The Labute approximate surface area is 95.9 Å². The molecule has 3 heteroatoms. The number of rotatable bonds is 3. The molecule has 16 heavy (non-hydrogen) atoms. The predicted molar refractivity (Wildman–Crippen MR) is 66.5 cm³/mol. The van der Waals surface area contributed by atoms with E-state index in [0.29, 0.717) is 12.0 Å². The van der Waals surface area contributed by atoms with Crippen molar-refractivity contribution in [2.24, 2.45) is 0 Å². The minimum Gasteiger partial charge on any atom is -0.317 e. The molecule has 0 radical (unpaired) electrons. The fraction of sp³-hybridized carbons (Fsp3) is 0.385. The van der Waals surface area contributed by atoms with E-state index in [2.05, 4.69) is 29.1 Å². The lowest BCUT2D eigenvalue weighted by molar-refractivity contribution is 0.515. The standard InChI is InChI=1S/C13H17N3/c1-9(10(2)14-3)13-8-15-11-6-4-5-7-12(11)16-13/h4-10,14H,1-3H3. The topological polar surface area (TPSA) is 37.8 Å². The van der Waals surface area contributed by atoms with Crippen molar-refractivity contribution in [3.63, 3.8) is 0 Å². The van der Waals surface area contributed by atoms with Crippen LogP contribution in [-0.4, -0.2) is 23.1 Å². The van der Waals surface area contributed by atoms with E-state index in [1.54, 1.807) is 0 Å². The van der Waals surface area contributed by atoms with Crippen LogP contribution >= 0.6 is 0 Å². The van der Waals surface area contributed by atoms with Crippen molar-refractivity contribution >= 4 is 11.0 Å². The molecule has 2 rings (SSSR count). The van der Waals surface area contributed by atoms with Gasteiger partial charge in [-0.15, -0.1) is 0 Å². The maximum atomic E-state index is 4.64. The van der Waals surface area contributed by atoms with Crippen LogP contribution in [0.5, 0.6) is 0 Å². The Morgan fingerprint density at radius 3 is 2.50 bits per heavy atom. The van der Waals surface area contributed by atoms with Gasteiger partial charge in [0.05, 0.1) is 16.7 Å². The van der Waals surface area contributed by atoms with Crippen molar-refractivity contribution in [1.82, 2.24) is 15.3 Å². The highest BCUT2D eigenvalue weighted by atomic mass is 14.9. The number of hydrogen-bond acceptors (Lipinski definition) is 3. The molecule has 0 aliphatic heterocycles. The van der Waals surface area contributed by atoms with E-state index in [4.69, 9.17) is 0 Å². The van der Waals surface area contributed by atoms with Gasteiger partial charge in [-0.2, -0.15) is 0 Å². The van der Waals surface area contributed by atoms with E-state index in [-0.39, 0.29) is 0 Å². The summed E-state index contributed by atoms with van der Waals surface area (Å²) < 4.78 is 0. The van der Waals surface area contributed by atoms with Crippen LogP contribution < -0.4 is 5.32 Å². The average Bonchev–Trinajstić information content (AvgIpc) is 2.36. The van der Waals surface area contributed by atoms with Crippen LogP contribution in [0.4, 0.5) is 0 Å². The predicted octanol–water partition coefficient (Wildman–Crippen LogP) is 2.34. The van der Waals surface area contributed by atoms with Crippen LogP contribution in [0, 0.1) is 0 Å². The first kappa shape index (κ1) is 11.0. The third-order valence-electron chi connectivity index (χ3n) is 3.14. The van der Waals surface area contributed by atoms with E-state index < -0.39 is 0 Å². The molecule has 0 aliphatic rings. The first-order chi connectivity index (χ1) is 7.72. The summed E-state index contributed by atoms with van der Waals surface area (Å²) in [6.45, 7) is 4.32. The molecule has 0 fully saturated rings. The molecule has 0 spiro atoms. The molecule has 2 aromatic rings. The van der Waals surface area contributed by atoms with E-state index in [1.807, 2.05) is 37.5 Å². The maximum Gasteiger partial charge on any atom is 0.0890 e. The van der Waals surface area contributed by atoms with Gasteiger partial charge < -0.3 is 5.32 Å². The third-order valence-corrected chi connectivity index (χ3v) is 3.14. The van der Waals surface area contributed by atoms with Gasteiger partial charge in [-0.05, 0) is 26.1 Å². The monoisotopic (exact) mass is 215 g/mol. The van der Waals surface area contributed by atoms with Gasteiger partial charge in [0, 0.05) is 18.2 Å². The number of aromatic nitrogens is 2. The van der Waals surface area contributed by atoms with Crippen molar-refractivity contribution in [3.05, 3.63) is 36.2 Å². The molecule has 1 aromatic carbocycles. The summed E-state index contributed by atoms with van der Waals surface area (Å²) in [6, 6.07) is 8.36. The Kier molecular flexibility index (Phi) is 3.15. The van der Waals surface area contributed by atoms with Crippen LogP contribution in [0.15, 0.2) is 30.5 Å². The molecule has 2 unspecified atom stereocenters. The molecule has 0 amide bonds. The lowest BCUT2D eigenvalue weighted by Gasteiger charge is -2.18. The van der Waals surface area contributed by atoms with E-state index in [1.165, 1.54) is 0 Å². The van der Waals surface area contributed by atoms with Gasteiger partial charge in [0.25, 0.3) is 0 Å². The second kappa shape index (κ2) is 4.58. The quantitative estimate of drug-likeness (QED) is 0.854. The minimum atomic E-state index is 0.363. The molecular weight excluding hydrogens is 198 g/mol. The smallest absolute Gasteiger partial charge is 0.0890 e. The van der Waals surface area contributed by atoms with Gasteiger partial charge in [0.2, 0.25) is 0 Å². The molecule has 2 atom stereocenters. The zero-order valence-electron chi connectivity index (χ0n) is 9.94. The molecule has 1 heterocycles. The first-order valence-corrected chi connectivity index (χ1v) is 5.61. The first-order valence-electron chi connectivity index (χ1n) is 5.61. The lowest BCUT2D eigenvalue weighted by atomic mass is 10.0. The summed E-state index contributed by atoms with van der Waals surface area (Å²) in [7, 11) is 1.97. The highest BCUT2D eigenvalue weighted by Crippen LogP contribution is 2.18. The van der Waals surface area contributed by atoms with E-state index in [9.17, 15) is 0 Å². The van der Waals surface area contributed by atoms with E-state index in [0.717, 1.165) is 16.7 Å². The van der Waals surface area contributed by atoms with Crippen LogP contribution in [0.3, 0.4) is 0 Å². The van der Waals surface area contributed by atoms with Crippen LogP contribution in [-0.2, 0) is 0 Å². The zero-order chi connectivity index (χ0) is 11.5. The summed E-state index contributed by atoms with van der Waals surface area (Å²) in [5.74, 6) is 0.363. The summed E-state index contributed by atoms with van der Waals surface area (Å²) in [6.07, 6.45) is 1.88. The Bertz CT molecular complexity index is 481. The fourth-order valence-corrected chi connectivity index (χ4v) is 1.70. The summed E-state index contributed by atoms with van der Waals surface area (Å²) >= 11 is 0. The summed E-state index contributed by atoms with van der Waals surface area (Å²) in [5.41, 5.74) is 2.96. The average molecular weight is 215 g/mol. The zero-order valence-corrected chi connectivity index (χ0v) is 9.94. The number of para-hydroxylation sites is 2. The van der Waals surface area contributed by atoms with Gasteiger partial charge in [-0.1, -0.05) is 19.1 Å². The number of benzene rings is 1. The van der Waals surface area contributed by atoms with E-state index >= 15 is 0 Å². The molecule has 0 bridgehead atoms. The molecule has 0 saturated heterocycles. The highest BCUT2D eigenvalue weighted by Gasteiger charge is 2.14. The fourth-order valence-electron chi connectivity index (χ4n) is 1.70. The van der Waals surface area contributed by atoms with Crippen molar-refractivity contribution < 1.29 is 0 Å². The molecule has 84 valence electrons.